The quantitative estimate of drug-likeness (QED) is 0.462. The van der Waals surface area contributed by atoms with Crippen molar-refractivity contribution in [2.45, 2.75) is 71.4 Å². The van der Waals surface area contributed by atoms with Crippen molar-refractivity contribution in [1.29, 1.82) is 0 Å². The summed E-state index contributed by atoms with van der Waals surface area (Å²) in [5.41, 5.74) is -0.0805. The van der Waals surface area contributed by atoms with Crippen LogP contribution in [0.1, 0.15) is 47.5 Å². The summed E-state index contributed by atoms with van der Waals surface area (Å²) >= 11 is 0. The van der Waals surface area contributed by atoms with Gasteiger partial charge in [-0.3, -0.25) is 9.59 Å². The van der Waals surface area contributed by atoms with Crippen molar-refractivity contribution in [2.24, 2.45) is 0 Å². The molecule has 0 bridgehead atoms. The fourth-order valence-corrected chi connectivity index (χ4v) is 2.17. The number of esters is 2. The Morgan fingerprint density at radius 2 is 1.68 bits per heavy atom. The Morgan fingerprint density at radius 3 is 2.08 bits per heavy atom. The molecular formula is C19H30O6. The second kappa shape index (κ2) is 10.2. The van der Waals surface area contributed by atoms with Gasteiger partial charge in [-0.2, -0.15) is 0 Å². The average Bonchev–Trinajstić information content (AvgIpc) is 2.44. The third-order valence-corrected chi connectivity index (χ3v) is 3.64. The lowest BCUT2D eigenvalue weighted by atomic mass is 9.95. The van der Waals surface area contributed by atoms with Crippen molar-refractivity contribution in [3.63, 3.8) is 0 Å². The second-order valence-electron chi connectivity index (χ2n) is 6.52. The molecule has 0 aliphatic carbocycles. The van der Waals surface area contributed by atoms with Crippen molar-refractivity contribution in [1.82, 2.24) is 0 Å². The van der Waals surface area contributed by atoms with Crippen LogP contribution in [0.3, 0.4) is 0 Å². The maximum absolute atomic E-state index is 11.4. The number of hydrogen-bond donors (Lipinski definition) is 2. The van der Waals surface area contributed by atoms with Gasteiger partial charge in [0.2, 0.25) is 0 Å². The number of rotatable bonds is 10. The molecule has 0 saturated carbocycles. The van der Waals surface area contributed by atoms with E-state index in [2.05, 4.69) is 13.2 Å². The van der Waals surface area contributed by atoms with Crippen molar-refractivity contribution >= 4 is 11.9 Å². The summed E-state index contributed by atoms with van der Waals surface area (Å²) in [6, 6.07) is 0. The molecule has 0 aliphatic rings. The molecule has 0 aromatic rings. The fraction of sp³-hybridized carbons (Fsp3) is 0.579. The minimum Gasteiger partial charge on any atom is -0.458 e. The van der Waals surface area contributed by atoms with Crippen LogP contribution in [0.25, 0.3) is 0 Å². The molecule has 6 nitrogen and oxygen atoms in total. The fourth-order valence-electron chi connectivity index (χ4n) is 2.17. The Labute approximate surface area is 149 Å². The Balaban J connectivity index is 5.48. The predicted molar refractivity (Wildman–Crippen MR) is 95.7 cm³/mol. The van der Waals surface area contributed by atoms with Gasteiger partial charge in [-0.1, -0.05) is 18.2 Å². The first kappa shape index (κ1) is 23.1. The van der Waals surface area contributed by atoms with Crippen LogP contribution in [-0.2, 0) is 19.1 Å². The molecule has 0 rings (SSSR count). The summed E-state index contributed by atoms with van der Waals surface area (Å²) in [5.74, 6) is -0.992. The zero-order valence-corrected chi connectivity index (χ0v) is 15.7. The van der Waals surface area contributed by atoms with Crippen LogP contribution in [0.4, 0.5) is 0 Å². The van der Waals surface area contributed by atoms with Gasteiger partial charge in [-0.25, -0.2) is 0 Å². The van der Waals surface area contributed by atoms with Crippen LogP contribution >= 0.6 is 0 Å². The molecule has 0 fully saturated rings. The van der Waals surface area contributed by atoms with Crippen LogP contribution in [0.15, 0.2) is 36.5 Å². The first-order valence-electron chi connectivity index (χ1n) is 8.10. The summed E-state index contributed by atoms with van der Waals surface area (Å²) in [6.07, 6.45) is 0.947. The normalized spacial score (nSPS) is 17.6. The van der Waals surface area contributed by atoms with E-state index in [0.29, 0.717) is 11.1 Å². The Hall–Kier alpha value is -1.92. The number of aliphatic hydroxyl groups is 2. The lowest BCUT2D eigenvalue weighted by Gasteiger charge is -2.26. The average molecular weight is 354 g/mol. The Kier molecular flexibility index (Phi) is 9.38. The van der Waals surface area contributed by atoms with E-state index in [1.165, 1.54) is 19.9 Å². The van der Waals surface area contributed by atoms with Crippen LogP contribution in [0.2, 0.25) is 0 Å². The monoisotopic (exact) mass is 354 g/mol. The van der Waals surface area contributed by atoms with E-state index in [-0.39, 0.29) is 12.8 Å². The van der Waals surface area contributed by atoms with Crippen molar-refractivity contribution in [3.8, 4) is 0 Å². The summed E-state index contributed by atoms with van der Waals surface area (Å²) in [4.78, 5) is 22.7. The number of carbonyl (C=O) groups is 2. The van der Waals surface area contributed by atoms with Crippen LogP contribution in [0.5, 0.6) is 0 Å². The number of aliphatic hydroxyl groups excluding tert-OH is 1. The molecular weight excluding hydrogens is 324 g/mol. The predicted octanol–water partition coefficient (Wildman–Crippen LogP) is 2.45. The third-order valence-electron chi connectivity index (χ3n) is 3.64. The van der Waals surface area contributed by atoms with Gasteiger partial charge < -0.3 is 19.7 Å². The van der Waals surface area contributed by atoms with Crippen LogP contribution in [0, 0.1) is 0 Å². The van der Waals surface area contributed by atoms with Crippen molar-refractivity contribution in [2.75, 3.05) is 0 Å². The molecule has 0 heterocycles. The summed E-state index contributed by atoms with van der Waals surface area (Å²) < 4.78 is 10.5. The molecule has 6 heteroatoms. The molecule has 0 aromatic heterocycles. The lowest BCUT2D eigenvalue weighted by Crippen LogP contribution is -2.30. The Morgan fingerprint density at radius 1 is 1.16 bits per heavy atom. The van der Waals surface area contributed by atoms with Crippen LogP contribution < -0.4 is 0 Å². The minimum atomic E-state index is -1.23. The van der Waals surface area contributed by atoms with Gasteiger partial charge in [0, 0.05) is 26.7 Å². The molecule has 0 spiro atoms. The smallest absolute Gasteiger partial charge is 0.303 e. The molecule has 0 saturated heterocycles. The molecule has 4 atom stereocenters. The van der Waals surface area contributed by atoms with Gasteiger partial charge >= 0.3 is 11.9 Å². The van der Waals surface area contributed by atoms with Gasteiger partial charge in [0.1, 0.15) is 12.2 Å². The largest absolute Gasteiger partial charge is 0.458 e. The maximum Gasteiger partial charge on any atom is 0.303 e. The third kappa shape index (κ3) is 9.84. The van der Waals surface area contributed by atoms with E-state index >= 15 is 0 Å². The van der Waals surface area contributed by atoms with Crippen molar-refractivity contribution < 1.29 is 29.3 Å². The Bertz CT molecular complexity index is 532. The van der Waals surface area contributed by atoms with Gasteiger partial charge in [0.05, 0.1) is 11.7 Å². The molecule has 0 aliphatic heterocycles. The molecule has 4 unspecified atom stereocenters. The zero-order chi connectivity index (χ0) is 19.8. The number of hydrogen-bond acceptors (Lipinski definition) is 6. The molecule has 0 amide bonds. The van der Waals surface area contributed by atoms with E-state index in [4.69, 9.17) is 9.47 Å². The highest BCUT2D eigenvalue weighted by atomic mass is 16.5. The van der Waals surface area contributed by atoms with Gasteiger partial charge in [0.15, 0.2) is 0 Å². The standard InChI is InChI=1S/C19H30O6/c1-8-19(7,23)11-16(24-14(5)20)9-13(4)18(25-15(6)21)10-17(22)12(2)3/h8-9,16-18,22-23H,1-2,10-11H2,3-7H3/b13-9+. The minimum absolute atomic E-state index is 0.100. The SMILES string of the molecule is C=CC(C)(O)CC(/C=C(\C)C(CC(O)C(=C)C)OC(C)=O)OC(C)=O. The van der Waals surface area contributed by atoms with E-state index in [0.717, 1.165) is 0 Å². The maximum atomic E-state index is 11.4. The van der Waals surface area contributed by atoms with Gasteiger partial charge in [0.25, 0.3) is 0 Å². The number of carbonyl (C=O) groups excluding carboxylic acids is 2. The molecule has 25 heavy (non-hydrogen) atoms. The van der Waals surface area contributed by atoms with E-state index in [1.54, 1.807) is 26.8 Å². The zero-order valence-electron chi connectivity index (χ0n) is 15.7. The molecule has 142 valence electrons. The topological polar surface area (TPSA) is 93.1 Å². The van der Waals surface area contributed by atoms with E-state index < -0.39 is 35.9 Å². The molecule has 0 aromatic carbocycles. The first-order chi connectivity index (χ1) is 11.4. The van der Waals surface area contributed by atoms with Crippen LogP contribution in [-0.4, -0.2) is 46.1 Å². The van der Waals surface area contributed by atoms with E-state index in [1.807, 2.05) is 0 Å². The number of ether oxygens (including phenoxy) is 2. The van der Waals surface area contributed by atoms with Gasteiger partial charge in [-0.15, -0.1) is 6.58 Å². The first-order valence-corrected chi connectivity index (χ1v) is 8.10. The molecule has 2 N–H and O–H groups in total. The van der Waals surface area contributed by atoms with E-state index in [9.17, 15) is 19.8 Å². The highest BCUT2D eigenvalue weighted by Crippen LogP contribution is 2.22. The molecule has 0 radical (unpaired) electrons. The summed E-state index contributed by atoms with van der Waals surface area (Å²) in [7, 11) is 0. The van der Waals surface area contributed by atoms with Crippen molar-refractivity contribution in [3.05, 3.63) is 36.5 Å². The highest BCUT2D eigenvalue weighted by molar-refractivity contribution is 5.67. The second-order valence-corrected chi connectivity index (χ2v) is 6.52. The lowest BCUT2D eigenvalue weighted by molar-refractivity contribution is -0.147. The summed E-state index contributed by atoms with van der Waals surface area (Å²) in [6.45, 7) is 14.7. The highest BCUT2D eigenvalue weighted by Gasteiger charge is 2.26. The summed E-state index contributed by atoms with van der Waals surface area (Å²) in [5, 5.41) is 20.2. The van der Waals surface area contributed by atoms with Gasteiger partial charge in [-0.05, 0) is 32.4 Å².